The third-order valence-corrected chi connectivity index (χ3v) is 29.0. The van der Waals surface area contributed by atoms with Crippen molar-refractivity contribution in [1.29, 1.82) is 0 Å². The molecule has 0 aromatic heterocycles. The van der Waals surface area contributed by atoms with Crippen LogP contribution >= 0.6 is 0 Å². The van der Waals surface area contributed by atoms with E-state index >= 15 is 0 Å². The van der Waals surface area contributed by atoms with Gasteiger partial charge in [-0.3, -0.25) is 0 Å². The Morgan fingerprint density at radius 3 is 1.38 bits per heavy atom. The van der Waals surface area contributed by atoms with Crippen LogP contribution in [0.5, 0.6) is 0 Å². The molecule has 0 saturated heterocycles. The molecule has 0 unspecified atom stereocenters. The number of unbranched alkanes of at least 4 members (excludes halogenated alkanes) is 4. The molecule has 0 amide bonds. The van der Waals surface area contributed by atoms with Crippen LogP contribution in [-0.2, 0) is 1.41 Å². The molecule has 0 aliphatic carbocycles. The summed E-state index contributed by atoms with van der Waals surface area (Å²) >= 11 is -2.64. The van der Waals surface area contributed by atoms with E-state index in [1.54, 1.807) is 0 Å². The van der Waals surface area contributed by atoms with Gasteiger partial charge in [-0.05, 0) is 0 Å². The first-order chi connectivity index (χ1) is 9.24. The maximum atomic E-state index is 6.82. The molecule has 5 heteroatoms. The van der Waals surface area contributed by atoms with Gasteiger partial charge in [0.2, 0.25) is 0 Å². The fraction of sp³-hybridized carbons (Fsp3) is 1.00. The van der Waals surface area contributed by atoms with Gasteiger partial charge in [-0.25, -0.2) is 0 Å². The van der Waals surface area contributed by atoms with E-state index in [0.717, 1.165) is 0 Å². The van der Waals surface area contributed by atoms with Crippen molar-refractivity contribution < 1.29 is 12.4 Å². The van der Waals surface area contributed by atoms with Crippen LogP contribution in [0, 0.1) is 0 Å². The van der Waals surface area contributed by atoms with Gasteiger partial charge in [0.1, 0.15) is 0 Å². The van der Waals surface area contributed by atoms with Crippen molar-refractivity contribution >= 4 is 40.3 Å². The van der Waals surface area contributed by atoms with E-state index in [-0.39, 0.29) is 11.0 Å². The van der Waals surface area contributed by atoms with E-state index < -0.39 is 40.3 Å². The predicted octanol–water partition coefficient (Wildman–Crippen LogP) is 4.54. The van der Waals surface area contributed by atoms with Crippen molar-refractivity contribution in [2.24, 2.45) is 0 Å². The van der Waals surface area contributed by atoms with Crippen molar-refractivity contribution in [3.05, 3.63) is 0 Å². The molecule has 0 aromatic carbocycles. The third kappa shape index (κ3) is 14.8. The molecule has 0 saturated carbocycles. The maximum absolute atomic E-state index is 6.82. The van der Waals surface area contributed by atoms with Crippen LogP contribution in [0.1, 0.15) is 79.1 Å². The van der Waals surface area contributed by atoms with Crippen molar-refractivity contribution in [1.82, 2.24) is 0 Å². The topological polar surface area (TPSA) is 72.2 Å². The Kier molecular flexibility index (Phi) is 25.4. The molecule has 0 fully saturated rings. The molecule has 0 aliphatic heterocycles. The summed E-state index contributed by atoms with van der Waals surface area (Å²) in [6.07, 6.45) is 11.2. The number of hydrogen-bond donors (Lipinski definition) is 0. The molecule has 0 heterocycles. The molecular weight excluding hydrogens is 478 g/mol. The monoisotopic (exact) mass is 520 g/mol. The third-order valence-electron chi connectivity index (χ3n) is 3.88. The molecule has 0 atom stereocenters. The minimum Gasteiger partial charge on any atom is -0.412 e. The SMILES string of the molecule is CCC[CH2][Sn][O][Sn]([CH2]CCC)([CH2]CCC)[CH2]CCC.O.O. The van der Waals surface area contributed by atoms with Crippen LogP contribution in [0.15, 0.2) is 0 Å². The zero-order valence-electron chi connectivity index (χ0n) is 14.9. The van der Waals surface area contributed by atoms with Gasteiger partial charge in [0.05, 0.1) is 0 Å². The molecule has 0 rings (SSSR count). The van der Waals surface area contributed by atoms with Crippen LogP contribution in [0.2, 0.25) is 17.7 Å². The first-order valence-electron chi connectivity index (χ1n) is 8.65. The van der Waals surface area contributed by atoms with Gasteiger partial charge in [-0.15, -0.1) is 0 Å². The van der Waals surface area contributed by atoms with Crippen LogP contribution in [0.3, 0.4) is 0 Å². The molecular formula is C16H40O3Sn2. The van der Waals surface area contributed by atoms with Gasteiger partial charge >= 0.3 is 139 Å². The number of hydrogen-bond acceptors (Lipinski definition) is 1. The van der Waals surface area contributed by atoms with Crippen LogP contribution in [-0.4, -0.2) is 51.3 Å². The van der Waals surface area contributed by atoms with Crippen LogP contribution in [0.4, 0.5) is 0 Å². The van der Waals surface area contributed by atoms with Gasteiger partial charge < -0.3 is 11.0 Å². The molecule has 0 bridgehead atoms. The minimum atomic E-state index is -2.16. The summed E-state index contributed by atoms with van der Waals surface area (Å²) in [4.78, 5) is 0. The van der Waals surface area contributed by atoms with E-state index in [2.05, 4.69) is 27.7 Å². The first-order valence-corrected chi connectivity index (χ1v) is 19.1. The first kappa shape index (κ1) is 27.3. The average Bonchev–Trinajstić information content (AvgIpc) is 2.44. The number of rotatable bonds is 14. The summed E-state index contributed by atoms with van der Waals surface area (Å²) in [6, 6.07) is 0. The van der Waals surface area contributed by atoms with Gasteiger partial charge in [0.15, 0.2) is 0 Å². The van der Waals surface area contributed by atoms with Crippen molar-refractivity contribution in [3.63, 3.8) is 0 Å². The predicted molar refractivity (Wildman–Crippen MR) is 98.7 cm³/mol. The fourth-order valence-electron chi connectivity index (χ4n) is 2.48. The molecule has 130 valence electrons. The van der Waals surface area contributed by atoms with Crippen LogP contribution < -0.4 is 0 Å². The zero-order valence-corrected chi connectivity index (χ0v) is 20.6. The summed E-state index contributed by atoms with van der Waals surface area (Å²) in [5.74, 6) is 0. The summed E-state index contributed by atoms with van der Waals surface area (Å²) in [5, 5.41) is 0. The maximum Gasteiger partial charge on any atom is -0.412 e. The Morgan fingerprint density at radius 1 is 0.667 bits per heavy atom. The summed E-state index contributed by atoms with van der Waals surface area (Å²) < 4.78 is 12.9. The van der Waals surface area contributed by atoms with E-state index in [4.69, 9.17) is 1.41 Å². The van der Waals surface area contributed by atoms with Gasteiger partial charge in [0, 0.05) is 0 Å². The van der Waals surface area contributed by atoms with E-state index in [0.29, 0.717) is 0 Å². The van der Waals surface area contributed by atoms with Crippen molar-refractivity contribution in [3.8, 4) is 0 Å². The zero-order chi connectivity index (χ0) is 14.4. The normalized spacial score (nSPS) is 10.9. The van der Waals surface area contributed by atoms with Crippen molar-refractivity contribution in [2.75, 3.05) is 0 Å². The van der Waals surface area contributed by atoms with E-state index in [1.165, 1.54) is 69.1 Å². The second-order valence-corrected chi connectivity index (χ2v) is 23.6. The summed E-state index contributed by atoms with van der Waals surface area (Å²) in [5.41, 5.74) is 0. The smallest absolute Gasteiger partial charge is 0.412 e. The minimum absolute atomic E-state index is 0. The van der Waals surface area contributed by atoms with Gasteiger partial charge in [-0.1, -0.05) is 0 Å². The van der Waals surface area contributed by atoms with Crippen LogP contribution in [0.25, 0.3) is 0 Å². The second kappa shape index (κ2) is 19.5. The molecule has 0 aliphatic rings. The van der Waals surface area contributed by atoms with E-state index in [9.17, 15) is 0 Å². The molecule has 0 spiro atoms. The Balaban J connectivity index is -0.00000162. The van der Waals surface area contributed by atoms with E-state index in [1.807, 2.05) is 0 Å². The average molecular weight is 518 g/mol. The fourth-order valence-corrected chi connectivity index (χ4v) is 30.3. The van der Waals surface area contributed by atoms with Gasteiger partial charge in [-0.2, -0.15) is 0 Å². The second-order valence-electron chi connectivity index (χ2n) is 5.84. The standard InChI is InChI=1S/4C4H9.2H2O.O.2Sn/c4*1-3-4-2;;;;;/h4*1,3-4H2,2H3;2*1H2;;;. The Morgan fingerprint density at radius 2 is 1.05 bits per heavy atom. The summed E-state index contributed by atoms with van der Waals surface area (Å²) in [7, 11) is 0. The van der Waals surface area contributed by atoms with Crippen molar-refractivity contribution in [2.45, 2.75) is 96.8 Å². The molecule has 4 N–H and O–H groups in total. The molecule has 0 aromatic rings. The Bertz CT molecular complexity index is 171. The summed E-state index contributed by atoms with van der Waals surface area (Å²) in [6.45, 7) is 9.33. The molecule has 3 nitrogen and oxygen atoms in total. The Labute approximate surface area is 148 Å². The quantitative estimate of drug-likeness (QED) is 0.246. The Hall–Kier alpha value is 1.48. The molecule has 21 heavy (non-hydrogen) atoms. The van der Waals surface area contributed by atoms with Gasteiger partial charge in [0.25, 0.3) is 0 Å². The molecule has 2 radical (unpaired) electrons. The largest absolute Gasteiger partial charge is 0.412 e.